The summed E-state index contributed by atoms with van der Waals surface area (Å²) >= 11 is 0. The van der Waals surface area contributed by atoms with E-state index in [0.717, 1.165) is 6.42 Å². The van der Waals surface area contributed by atoms with Crippen molar-refractivity contribution in [1.29, 1.82) is 0 Å². The first-order chi connectivity index (χ1) is 7.95. The maximum atomic E-state index is 9.65. The highest BCUT2D eigenvalue weighted by Gasteiger charge is 2.48. The average Bonchev–Trinajstić information content (AvgIpc) is 2.30. The van der Waals surface area contributed by atoms with Gasteiger partial charge in [0.05, 0.1) is 0 Å². The molecule has 2 aliphatic rings. The SMILES string of the molecule is CC[C@]1(C)[C@H](CO)CC=C2[C@H]1CCCC2(C)C. The van der Waals surface area contributed by atoms with Gasteiger partial charge in [0.2, 0.25) is 0 Å². The highest BCUT2D eigenvalue weighted by molar-refractivity contribution is 5.25. The van der Waals surface area contributed by atoms with Crippen LogP contribution < -0.4 is 0 Å². The summed E-state index contributed by atoms with van der Waals surface area (Å²) in [5.74, 6) is 1.18. The Bertz CT molecular complexity index is 315. The van der Waals surface area contributed by atoms with Gasteiger partial charge in [0.15, 0.2) is 0 Å². The van der Waals surface area contributed by atoms with Gasteiger partial charge < -0.3 is 5.11 Å². The molecule has 0 spiro atoms. The molecule has 1 heteroatoms. The van der Waals surface area contributed by atoms with Crippen LogP contribution in [0.2, 0.25) is 0 Å². The fourth-order valence-corrected chi connectivity index (χ4v) is 4.26. The molecule has 0 bridgehead atoms. The summed E-state index contributed by atoms with van der Waals surface area (Å²) in [5.41, 5.74) is 2.40. The second kappa shape index (κ2) is 4.42. The molecule has 0 amide bonds. The van der Waals surface area contributed by atoms with Crippen LogP contribution in [0.3, 0.4) is 0 Å². The number of aliphatic hydroxyl groups excluding tert-OH is 1. The topological polar surface area (TPSA) is 20.2 Å². The minimum absolute atomic E-state index is 0.316. The molecule has 1 saturated carbocycles. The van der Waals surface area contributed by atoms with Gasteiger partial charge in [-0.05, 0) is 48.3 Å². The number of hydrogen-bond acceptors (Lipinski definition) is 1. The van der Waals surface area contributed by atoms with Crippen LogP contribution in [0, 0.1) is 22.7 Å². The van der Waals surface area contributed by atoms with E-state index in [9.17, 15) is 5.11 Å². The van der Waals surface area contributed by atoms with Gasteiger partial charge in [0.1, 0.15) is 0 Å². The van der Waals surface area contributed by atoms with E-state index in [-0.39, 0.29) is 0 Å². The standard InChI is InChI=1S/C16H28O/c1-5-16(4)12(11-17)8-9-13-14(16)7-6-10-15(13,2)3/h9,12,14,17H,5-8,10-11H2,1-4H3/t12-,14+,16+/m0/s1. The number of allylic oxidation sites excluding steroid dienone is 2. The number of aliphatic hydroxyl groups is 1. The van der Waals surface area contributed by atoms with Crippen molar-refractivity contribution in [3.05, 3.63) is 11.6 Å². The van der Waals surface area contributed by atoms with Gasteiger partial charge in [0.25, 0.3) is 0 Å². The number of hydrogen-bond donors (Lipinski definition) is 1. The average molecular weight is 236 g/mol. The summed E-state index contributed by atoms with van der Waals surface area (Å²) in [4.78, 5) is 0. The molecule has 0 aliphatic heterocycles. The summed E-state index contributed by atoms with van der Waals surface area (Å²) < 4.78 is 0. The molecule has 2 rings (SSSR count). The fraction of sp³-hybridized carbons (Fsp3) is 0.875. The molecule has 0 saturated heterocycles. The molecule has 0 radical (unpaired) electrons. The molecule has 17 heavy (non-hydrogen) atoms. The molecule has 1 nitrogen and oxygen atoms in total. The van der Waals surface area contributed by atoms with Crippen molar-refractivity contribution < 1.29 is 5.11 Å². The smallest absolute Gasteiger partial charge is 0.0467 e. The third-order valence-electron chi connectivity index (χ3n) is 5.78. The fourth-order valence-electron chi connectivity index (χ4n) is 4.26. The molecule has 98 valence electrons. The normalized spacial score (nSPS) is 40.6. The molecule has 0 aromatic rings. The Morgan fingerprint density at radius 3 is 2.65 bits per heavy atom. The van der Waals surface area contributed by atoms with E-state index in [0.29, 0.717) is 29.3 Å². The second-order valence-electron chi connectivity index (χ2n) is 6.96. The van der Waals surface area contributed by atoms with Gasteiger partial charge in [-0.1, -0.05) is 45.8 Å². The van der Waals surface area contributed by atoms with Crippen molar-refractivity contribution in [2.24, 2.45) is 22.7 Å². The largest absolute Gasteiger partial charge is 0.396 e. The highest BCUT2D eigenvalue weighted by atomic mass is 16.3. The number of rotatable bonds is 2. The lowest BCUT2D eigenvalue weighted by Crippen LogP contribution is -2.45. The molecular weight excluding hydrogens is 208 g/mol. The Labute approximate surface area is 106 Å². The zero-order chi connectivity index (χ0) is 12.7. The molecule has 1 fully saturated rings. The zero-order valence-electron chi connectivity index (χ0n) is 11.9. The van der Waals surface area contributed by atoms with Gasteiger partial charge >= 0.3 is 0 Å². The van der Waals surface area contributed by atoms with Gasteiger partial charge in [-0.3, -0.25) is 0 Å². The van der Waals surface area contributed by atoms with Crippen molar-refractivity contribution in [2.45, 2.75) is 59.8 Å². The van der Waals surface area contributed by atoms with Gasteiger partial charge in [-0.2, -0.15) is 0 Å². The predicted octanol–water partition coefficient (Wildman–Crippen LogP) is 4.17. The third kappa shape index (κ3) is 1.97. The molecule has 0 aromatic heterocycles. The lowest BCUT2D eigenvalue weighted by molar-refractivity contribution is 0.0209. The molecular formula is C16H28O. The lowest BCUT2D eigenvalue weighted by atomic mass is 9.52. The van der Waals surface area contributed by atoms with Crippen LogP contribution in [0.4, 0.5) is 0 Å². The first-order valence-electron chi connectivity index (χ1n) is 7.27. The zero-order valence-corrected chi connectivity index (χ0v) is 11.9. The van der Waals surface area contributed by atoms with Crippen LogP contribution in [0.5, 0.6) is 0 Å². The molecule has 1 N–H and O–H groups in total. The van der Waals surface area contributed by atoms with E-state index in [1.807, 2.05) is 0 Å². The molecule has 0 unspecified atom stereocenters. The molecule has 2 aliphatic carbocycles. The maximum absolute atomic E-state index is 9.65. The van der Waals surface area contributed by atoms with Gasteiger partial charge in [-0.25, -0.2) is 0 Å². The maximum Gasteiger partial charge on any atom is 0.0467 e. The minimum atomic E-state index is 0.316. The summed E-state index contributed by atoms with van der Waals surface area (Å²) in [6.07, 6.45) is 8.74. The van der Waals surface area contributed by atoms with Crippen LogP contribution >= 0.6 is 0 Å². The Hall–Kier alpha value is -0.300. The Balaban J connectivity index is 2.38. The van der Waals surface area contributed by atoms with E-state index in [4.69, 9.17) is 0 Å². The van der Waals surface area contributed by atoms with E-state index in [1.54, 1.807) is 5.57 Å². The van der Waals surface area contributed by atoms with Crippen LogP contribution in [0.25, 0.3) is 0 Å². The van der Waals surface area contributed by atoms with Crippen LogP contribution in [-0.2, 0) is 0 Å². The molecule has 0 aromatic carbocycles. The third-order valence-corrected chi connectivity index (χ3v) is 5.78. The quantitative estimate of drug-likeness (QED) is 0.714. The lowest BCUT2D eigenvalue weighted by Gasteiger charge is -2.53. The summed E-state index contributed by atoms with van der Waals surface area (Å²) in [6, 6.07) is 0. The van der Waals surface area contributed by atoms with Gasteiger partial charge in [0, 0.05) is 6.61 Å². The summed E-state index contributed by atoms with van der Waals surface area (Å²) in [6.45, 7) is 9.87. The van der Waals surface area contributed by atoms with Crippen molar-refractivity contribution >= 4 is 0 Å². The Morgan fingerprint density at radius 2 is 2.06 bits per heavy atom. The van der Waals surface area contributed by atoms with Crippen molar-refractivity contribution in [3.8, 4) is 0 Å². The molecule has 3 atom stereocenters. The van der Waals surface area contributed by atoms with Gasteiger partial charge in [-0.15, -0.1) is 0 Å². The Kier molecular flexibility index (Phi) is 3.42. The van der Waals surface area contributed by atoms with Crippen molar-refractivity contribution in [1.82, 2.24) is 0 Å². The second-order valence-corrected chi connectivity index (χ2v) is 6.96. The monoisotopic (exact) mass is 236 g/mol. The first kappa shape index (κ1) is 13.1. The van der Waals surface area contributed by atoms with E-state index in [1.165, 1.54) is 25.7 Å². The van der Waals surface area contributed by atoms with E-state index >= 15 is 0 Å². The summed E-state index contributed by atoms with van der Waals surface area (Å²) in [5, 5.41) is 9.65. The summed E-state index contributed by atoms with van der Waals surface area (Å²) in [7, 11) is 0. The van der Waals surface area contributed by atoms with Crippen molar-refractivity contribution in [3.63, 3.8) is 0 Å². The molecule has 0 heterocycles. The number of fused-ring (bicyclic) bond motifs is 1. The van der Waals surface area contributed by atoms with Crippen molar-refractivity contribution in [2.75, 3.05) is 6.61 Å². The van der Waals surface area contributed by atoms with E-state index in [2.05, 4.69) is 33.8 Å². The van der Waals surface area contributed by atoms with Crippen LogP contribution in [-0.4, -0.2) is 11.7 Å². The van der Waals surface area contributed by atoms with Crippen LogP contribution in [0.1, 0.15) is 59.8 Å². The highest BCUT2D eigenvalue weighted by Crippen LogP contribution is 2.57. The predicted molar refractivity (Wildman–Crippen MR) is 72.8 cm³/mol. The first-order valence-corrected chi connectivity index (χ1v) is 7.27. The van der Waals surface area contributed by atoms with Crippen LogP contribution in [0.15, 0.2) is 11.6 Å². The minimum Gasteiger partial charge on any atom is -0.396 e. The van der Waals surface area contributed by atoms with E-state index < -0.39 is 0 Å². The Morgan fingerprint density at radius 1 is 1.35 bits per heavy atom.